The zero-order valence-electron chi connectivity index (χ0n) is 39.0. The maximum atomic E-state index is 14.6. The van der Waals surface area contributed by atoms with E-state index in [0.29, 0.717) is 42.2 Å². The molecule has 1 heterocycles. The lowest BCUT2D eigenvalue weighted by Crippen LogP contribution is -2.70. The van der Waals surface area contributed by atoms with Crippen LogP contribution < -0.4 is 9.47 Å². The molecule has 3 aliphatic rings. The Morgan fingerprint density at radius 1 is 0.957 bits per heavy atom. The number of amides is 1. The highest BCUT2D eigenvalue weighted by Crippen LogP contribution is 2.62. The number of hydrogen-bond donors (Lipinski definition) is 2. The molecule has 13 nitrogen and oxygen atoms in total. The minimum absolute atomic E-state index is 0.00732. The molecule has 1 saturated carbocycles. The summed E-state index contributed by atoms with van der Waals surface area (Å²) >= 11 is 1.73. The van der Waals surface area contributed by atoms with E-state index in [9.17, 15) is 25.1 Å². The van der Waals surface area contributed by atoms with Crippen LogP contribution in [0.2, 0.25) is 0 Å². The Hall–Kier alpha value is -6.19. The van der Waals surface area contributed by atoms with Gasteiger partial charge in [0.15, 0.2) is 0 Å². The van der Waals surface area contributed by atoms with E-state index in [0.717, 1.165) is 63.8 Å². The molecule has 2 aliphatic carbocycles. The SMILES string of the molecule is C=CCO[C@@]12Oc3ccc(OCCSc4ccccc4)cc3[C@H]3[C@H](CCCCO)[C@@H](CCCCO)C=C(C(=NOCc4ccc([N+](=O)[O-])cc4)C[C@@H]1N(Cc1cccc4ccccc14)C(=O)OC)[C@H]32. The van der Waals surface area contributed by atoms with Crippen LogP contribution >= 0.6 is 11.8 Å². The van der Waals surface area contributed by atoms with Gasteiger partial charge < -0.3 is 34.0 Å². The van der Waals surface area contributed by atoms with Crippen LogP contribution in [0.5, 0.6) is 11.5 Å². The van der Waals surface area contributed by atoms with Gasteiger partial charge in [-0.3, -0.25) is 15.0 Å². The van der Waals surface area contributed by atoms with Crippen molar-refractivity contribution in [2.24, 2.45) is 22.9 Å². The third-order valence-corrected chi connectivity index (χ3v) is 14.5. The van der Waals surface area contributed by atoms with E-state index in [1.807, 2.05) is 72.8 Å². The second-order valence-electron chi connectivity index (χ2n) is 17.7. The van der Waals surface area contributed by atoms with Gasteiger partial charge in [-0.15, -0.1) is 18.3 Å². The van der Waals surface area contributed by atoms with Gasteiger partial charge in [0.2, 0.25) is 5.79 Å². The molecule has 1 amide bonds. The quantitative estimate of drug-likeness (QED) is 0.0211. The highest BCUT2D eigenvalue weighted by atomic mass is 32.2. The highest BCUT2D eigenvalue weighted by molar-refractivity contribution is 7.99. The van der Waals surface area contributed by atoms with Gasteiger partial charge >= 0.3 is 6.09 Å². The summed E-state index contributed by atoms with van der Waals surface area (Å²) in [5, 5.41) is 38.4. The average Bonchev–Trinajstić information content (AvgIpc) is 3.38. The largest absolute Gasteiger partial charge is 0.493 e. The predicted molar refractivity (Wildman–Crippen MR) is 267 cm³/mol. The Balaban J connectivity index is 1.29. The smallest absolute Gasteiger partial charge is 0.410 e. The third kappa shape index (κ3) is 11.2. The zero-order chi connectivity index (χ0) is 48.2. The number of oxime groups is 1. The molecule has 1 fully saturated rings. The Morgan fingerprint density at radius 3 is 2.46 bits per heavy atom. The van der Waals surface area contributed by atoms with Gasteiger partial charge in [0, 0.05) is 53.9 Å². The van der Waals surface area contributed by atoms with E-state index in [1.54, 1.807) is 34.9 Å². The fourth-order valence-electron chi connectivity index (χ4n) is 10.5. The van der Waals surface area contributed by atoms with Crippen molar-refractivity contribution < 1.29 is 43.7 Å². The number of nitrogens with zero attached hydrogens (tertiary/aromatic N) is 3. The lowest BCUT2D eigenvalue weighted by molar-refractivity contribution is -0.384. The van der Waals surface area contributed by atoms with Crippen LogP contribution in [0.25, 0.3) is 10.8 Å². The normalized spacial score (nSPS) is 21.9. The Kier molecular flexibility index (Phi) is 16.7. The topological polar surface area (TPSA) is 162 Å². The number of thioether (sulfide) groups is 1. The summed E-state index contributed by atoms with van der Waals surface area (Å²) < 4.78 is 26.7. The second kappa shape index (κ2) is 23.4. The molecule has 5 aromatic rings. The van der Waals surface area contributed by atoms with Crippen molar-refractivity contribution in [3.05, 3.63) is 166 Å². The zero-order valence-corrected chi connectivity index (χ0v) is 39.8. The van der Waals surface area contributed by atoms with Crippen LogP contribution in [0.4, 0.5) is 10.5 Å². The van der Waals surface area contributed by atoms with Crippen LogP contribution in [-0.2, 0) is 27.5 Å². The van der Waals surface area contributed by atoms with Gasteiger partial charge in [0.1, 0.15) is 24.1 Å². The van der Waals surface area contributed by atoms with Crippen LogP contribution in [0.3, 0.4) is 0 Å². The van der Waals surface area contributed by atoms with Crippen LogP contribution in [0.15, 0.2) is 150 Å². The maximum Gasteiger partial charge on any atom is 0.410 e. The number of fused-ring (bicyclic) bond motifs is 3. The number of non-ortho nitro benzene ring substituents is 1. The van der Waals surface area contributed by atoms with Gasteiger partial charge in [-0.25, -0.2) is 4.79 Å². The van der Waals surface area contributed by atoms with Gasteiger partial charge in [-0.05, 0) is 107 Å². The first-order valence-corrected chi connectivity index (χ1v) is 24.8. The van der Waals surface area contributed by atoms with Crippen molar-refractivity contribution in [2.75, 3.05) is 39.3 Å². The molecule has 6 atom stereocenters. The number of carbonyl (C=O) groups excluding carboxylic acids is 1. The predicted octanol–water partition coefficient (Wildman–Crippen LogP) is 11.0. The average molecular weight is 956 g/mol. The fraction of sp³-hybridized carbons (Fsp3) is 0.382. The molecule has 69 heavy (non-hydrogen) atoms. The van der Waals surface area contributed by atoms with Crippen LogP contribution in [0.1, 0.15) is 67.6 Å². The highest BCUT2D eigenvalue weighted by Gasteiger charge is 2.65. The van der Waals surface area contributed by atoms with Gasteiger partial charge in [0.25, 0.3) is 5.69 Å². The molecule has 1 aliphatic heterocycles. The summed E-state index contributed by atoms with van der Waals surface area (Å²) in [6.07, 6.45) is 7.95. The Morgan fingerprint density at radius 2 is 1.71 bits per heavy atom. The number of carbonyl (C=O) groups is 1. The minimum atomic E-state index is -1.51. The van der Waals surface area contributed by atoms with Crippen molar-refractivity contribution >= 4 is 40.0 Å². The number of methoxy groups -OCH3 is 1. The molecular weight excluding hydrogens is 895 g/mol. The molecule has 362 valence electrons. The van der Waals surface area contributed by atoms with Gasteiger partial charge in [-0.1, -0.05) is 90.8 Å². The van der Waals surface area contributed by atoms with E-state index >= 15 is 0 Å². The summed E-state index contributed by atoms with van der Waals surface area (Å²) in [5.41, 5.74) is 4.01. The Labute approximate surface area is 407 Å². The fourth-order valence-corrected chi connectivity index (χ4v) is 11.3. The first-order valence-electron chi connectivity index (χ1n) is 23.8. The third-order valence-electron chi connectivity index (χ3n) is 13.6. The van der Waals surface area contributed by atoms with Crippen molar-refractivity contribution in [3.63, 3.8) is 0 Å². The monoisotopic (exact) mass is 955 g/mol. The molecular formula is C55H61N3O10S. The molecule has 14 heteroatoms. The van der Waals surface area contributed by atoms with E-state index < -0.39 is 28.8 Å². The van der Waals surface area contributed by atoms with E-state index in [2.05, 4.69) is 30.9 Å². The number of allylic oxidation sites excluding steroid dienone is 1. The number of unbranched alkanes of at least 4 members (excludes halogenated alkanes) is 2. The minimum Gasteiger partial charge on any atom is -0.493 e. The summed E-state index contributed by atoms with van der Waals surface area (Å²) in [5.74, 6) is -0.240. The maximum absolute atomic E-state index is 14.6. The molecule has 8 rings (SSSR count). The lowest BCUT2D eigenvalue weighted by atomic mass is 9.55. The van der Waals surface area contributed by atoms with Crippen molar-refractivity contribution in [1.29, 1.82) is 0 Å². The summed E-state index contributed by atoms with van der Waals surface area (Å²) in [4.78, 5) is 34.7. The molecule has 0 unspecified atom stereocenters. The molecule has 0 aromatic heterocycles. The van der Waals surface area contributed by atoms with Crippen LogP contribution in [0, 0.1) is 27.9 Å². The van der Waals surface area contributed by atoms with Gasteiger partial charge in [-0.2, -0.15) is 0 Å². The number of rotatable bonds is 23. The number of nitro groups is 1. The molecule has 2 N–H and O–H groups in total. The molecule has 0 radical (unpaired) electrons. The second-order valence-corrected chi connectivity index (χ2v) is 18.9. The number of hydrogen-bond acceptors (Lipinski definition) is 12. The first kappa shape index (κ1) is 49.2. The van der Waals surface area contributed by atoms with E-state index in [4.69, 9.17) is 28.9 Å². The lowest BCUT2D eigenvalue weighted by Gasteiger charge is -2.59. The van der Waals surface area contributed by atoms with E-state index in [1.165, 1.54) is 19.2 Å². The Bertz CT molecular complexity index is 2600. The molecule has 0 saturated heterocycles. The van der Waals surface area contributed by atoms with Gasteiger partial charge in [0.05, 0.1) is 43.4 Å². The van der Waals surface area contributed by atoms with E-state index in [-0.39, 0.29) is 62.8 Å². The summed E-state index contributed by atoms with van der Waals surface area (Å²) in [6, 6.07) is 35.6. The molecule has 0 spiro atoms. The first-order chi connectivity index (χ1) is 33.8. The number of aliphatic hydroxyl groups is 2. The number of nitro benzene ring substituents is 1. The standard InChI is InChI=1S/C55H61N3O10S/c1-3-30-66-55-51(57(54(61)64-2)36-41-17-13-16-39-14-7-8-20-45(39)41)35-49(56-67-37-38-22-24-42(25-23-38)58(62)63)47-33-40(15-9-11-28-59)46(21-10-12-29-60)52(53(47)55)48-34-43(26-27-50(48)68-55)65-31-32-69-44-18-5-4-6-19-44/h3-8,13-14,16-20,22-27,33-34,40,46,51-53,59-60H,1,9-12,15,21,28-32,35-37H2,2H3/t40-,46+,51-,52+,53+,55+/m0/s1. The van der Waals surface area contributed by atoms with Crippen molar-refractivity contribution in [2.45, 2.75) is 80.7 Å². The number of benzene rings is 5. The van der Waals surface area contributed by atoms with Crippen molar-refractivity contribution in [1.82, 2.24) is 4.90 Å². The summed E-state index contributed by atoms with van der Waals surface area (Å²) in [7, 11) is 1.38. The number of aliphatic hydroxyl groups excluding tert-OH is 2. The van der Waals surface area contributed by atoms with Crippen LogP contribution in [-0.4, -0.2) is 83.0 Å². The number of ether oxygens (including phenoxy) is 4. The summed E-state index contributed by atoms with van der Waals surface area (Å²) in [6.45, 7) is 4.97. The molecule has 5 aromatic carbocycles. The molecule has 0 bridgehead atoms. The van der Waals surface area contributed by atoms with Crippen molar-refractivity contribution in [3.8, 4) is 11.5 Å².